The van der Waals surface area contributed by atoms with Crippen molar-refractivity contribution in [2.75, 3.05) is 11.1 Å². The van der Waals surface area contributed by atoms with Gasteiger partial charge in [-0.25, -0.2) is 4.98 Å². The smallest absolute Gasteiger partial charge is 0.251 e. The van der Waals surface area contributed by atoms with E-state index in [4.69, 9.17) is 0 Å². The van der Waals surface area contributed by atoms with E-state index >= 15 is 0 Å². The van der Waals surface area contributed by atoms with Crippen molar-refractivity contribution in [3.63, 3.8) is 0 Å². The SMILES string of the molecule is Cc1ccc(C(=O)N[C@@H](c2nnc(SCC(=O)Nc3nc(-c4ccc(C)cc4)cs3)n2C)C(C)C)cc1. The molecule has 2 amide bonds. The van der Waals surface area contributed by atoms with E-state index in [9.17, 15) is 9.59 Å². The van der Waals surface area contributed by atoms with Crippen molar-refractivity contribution in [2.45, 2.75) is 38.9 Å². The van der Waals surface area contributed by atoms with Crippen LogP contribution in [0.25, 0.3) is 11.3 Å². The van der Waals surface area contributed by atoms with Crippen LogP contribution in [0.15, 0.2) is 59.1 Å². The van der Waals surface area contributed by atoms with E-state index in [0.29, 0.717) is 21.7 Å². The maximum absolute atomic E-state index is 12.8. The Kier molecular flexibility index (Phi) is 8.40. The summed E-state index contributed by atoms with van der Waals surface area (Å²) >= 11 is 2.68. The number of rotatable bonds is 9. The number of carbonyl (C=O) groups excluding carboxylic acids is 2. The molecule has 10 heteroatoms. The van der Waals surface area contributed by atoms with Gasteiger partial charge in [-0.15, -0.1) is 21.5 Å². The topological polar surface area (TPSA) is 102 Å². The number of thiazole rings is 1. The van der Waals surface area contributed by atoms with Crippen molar-refractivity contribution in [3.8, 4) is 11.3 Å². The minimum atomic E-state index is -0.329. The van der Waals surface area contributed by atoms with Gasteiger partial charge in [0.2, 0.25) is 5.91 Å². The lowest BCUT2D eigenvalue weighted by Gasteiger charge is -2.21. The van der Waals surface area contributed by atoms with Crippen molar-refractivity contribution in [2.24, 2.45) is 13.0 Å². The van der Waals surface area contributed by atoms with Crippen LogP contribution in [0.1, 0.15) is 47.2 Å². The molecule has 0 radical (unpaired) electrons. The second kappa shape index (κ2) is 11.7. The minimum Gasteiger partial charge on any atom is -0.342 e. The van der Waals surface area contributed by atoms with Gasteiger partial charge in [-0.05, 0) is 31.9 Å². The Bertz CT molecular complexity index is 1380. The molecule has 37 heavy (non-hydrogen) atoms. The summed E-state index contributed by atoms with van der Waals surface area (Å²) in [6.45, 7) is 8.07. The van der Waals surface area contributed by atoms with Crippen LogP contribution in [0.5, 0.6) is 0 Å². The summed E-state index contributed by atoms with van der Waals surface area (Å²) in [6.07, 6.45) is 0. The van der Waals surface area contributed by atoms with Gasteiger partial charge in [0, 0.05) is 23.6 Å². The lowest BCUT2D eigenvalue weighted by atomic mass is 10.0. The summed E-state index contributed by atoms with van der Waals surface area (Å²) in [4.78, 5) is 29.9. The van der Waals surface area contributed by atoms with Crippen LogP contribution in [-0.4, -0.2) is 37.3 Å². The molecule has 1 atom stereocenters. The average molecular weight is 535 g/mol. The molecular weight excluding hydrogens is 504 g/mol. The zero-order chi connectivity index (χ0) is 26.5. The molecule has 0 fully saturated rings. The van der Waals surface area contributed by atoms with Crippen LogP contribution in [0.2, 0.25) is 0 Å². The number of amides is 2. The first kappa shape index (κ1) is 26.6. The van der Waals surface area contributed by atoms with E-state index in [0.717, 1.165) is 16.8 Å². The first-order valence-electron chi connectivity index (χ1n) is 11.9. The normalized spacial score (nSPS) is 11.9. The van der Waals surface area contributed by atoms with Crippen LogP contribution < -0.4 is 10.6 Å². The van der Waals surface area contributed by atoms with E-state index in [1.165, 1.54) is 28.7 Å². The Labute approximate surface area is 224 Å². The summed E-state index contributed by atoms with van der Waals surface area (Å²) in [7, 11) is 1.84. The number of hydrogen-bond donors (Lipinski definition) is 2. The van der Waals surface area contributed by atoms with Crippen LogP contribution in [-0.2, 0) is 11.8 Å². The van der Waals surface area contributed by atoms with Gasteiger partial charge in [0.25, 0.3) is 5.91 Å². The molecule has 0 saturated carbocycles. The summed E-state index contributed by atoms with van der Waals surface area (Å²) in [5, 5.41) is 17.6. The molecule has 4 rings (SSSR count). The standard InChI is InChI=1S/C27H30N6O2S2/c1-16(2)23(30-25(35)20-12-8-18(4)9-13-20)24-31-32-27(33(24)5)37-15-22(34)29-26-28-21(14-36-26)19-10-6-17(3)7-11-19/h6-14,16,23H,15H2,1-5H3,(H,30,35)(H,28,29,34)/t23-/m1/s1. The number of hydrogen-bond acceptors (Lipinski definition) is 7. The molecular formula is C27H30N6O2S2. The van der Waals surface area contributed by atoms with Gasteiger partial charge in [0.1, 0.15) is 0 Å². The molecule has 192 valence electrons. The van der Waals surface area contributed by atoms with E-state index in [1.807, 2.05) is 93.2 Å². The van der Waals surface area contributed by atoms with Crippen molar-refractivity contribution in [1.82, 2.24) is 25.1 Å². The summed E-state index contributed by atoms with van der Waals surface area (Å²) in [6, 6.07) is 15.2. The zero-order valence-electron chi connectivity index (χ0n) is 21.5. The average Bonchev–Trinajstić information content (AvgIpc) is 3.48. The van der Waals surface area contributed by atoms with Gasteiger partial charge < -0.3 is 15.2 Å². The summed E-state index contributed by atoms with van der Waals surface area (Å²) in [5.74, 6) is 0.552. The minimum absolute atomic E-state index is 0.0890. The maximum atomic E-state index is 12.8. The Hall–Kier alpha value is -3.50. The molecule has 0 saturated heterocycles. The third kappa shape index (κ3) is 6.64. The molecule has 2 N–H and O–H groups in total. The molecule has 2 heterocycles. The first-order chi connectivity index (χ1) is 17.7. The first-order valence-corrected chi connectivity index (χ1v) is 13.8. The molecule has 4 aromatic rings. The number of anilines is 1. The highest BCUT2D eigenvalue weighted by Gasteiger charge is 2.25. The van der Waals surface area contributed by atoms with Crippen LogP contribution >= 0.6 is 23.1 Å². The predicted molar refractivity (Wildman–Crippen MR) is 149 cm³/mol. The van der Waals surface area contributed by atoms with Crippen molar-refractivity contribution in [3.05, 3.63) is 76.4 Å². The van der Waals surface area contributed by atoms with Gasteiger partial charge in [-0.2, -0.15) is 0 Å². The van der Waals surface area contributed by atoms with Crippen LogP contribution in [0.3, 0.4) is 0 Å². The maximum Gasteiger partial charge on any atom is 0.251 e. The highest BCUT2D eigenvalue weighted by molar-refractivity contribution is 7.99. The van der Waals surface area contributed by atoms with Gasteiger partial charge in [-0.3, -0.25) is 9.59 Å². The van der Waals surface area contributed by atoms with Crippen LogP contribution in [0.4, 0.5) is 5.13 Å². The second-order valence-electron chi connectivity index (χ2n) is 9.20. The Morgan fingerprint density at radius 1 is 1.00 bits per heavy atom. The molecule has 0 unspecified atom stereocenters. The Morgan fingerprint density at radius 2 is 1.65 bits per heavy atom. The van der Waals surface area contributed by atoms with Crippen molar-refractivity contribution >= 4 is 40.0 Å². The highest BCUT2D eigenvalue weighted by atomic mass is 32.2. The number of thioether (sulfide) groups is 1. The van der Waals surface area contributed by atoms with E-state index in [-0.39, 0.29) is 29.5 Å². The number of aromatic nitrogens is 4. The number of nitrogens with zero attached hydrogens (tertiary/aromatic N) is 4. The third-order valence-corrected chi connectivity index (χ3v) is 7.62. The Morgan fingerprint density at radius 3 is 2.30 bits per heavy atom. The fourth-order valence-electron chi connectivity index (χ4n) is 3.66. The fourth-order valence-corrected chi connectivity index (χ4v) is 5.11. The third-order valence-electron chi connectivity index (χ3n) is 5.84. The van der Waals surface area contributed by atoms with E-state index in [1.54, 1.807) is 0 Å². The molecule has 0 aliphatic heterocycles. The number of aryl methyl sites for hydroxylation is 2. The van der Waals surface area contributed by atoms with Gasteiger partial charge in [0.15, 0.2) is 16.1 Å². The van der Waals surface area contributed by atoms with Gasteiger partial charge in [0.05, 0.1) is 17.5 Å². The fraction of sp³-hybridized carbons (Fsp3) is 0.296. The lowest BCUT2D eigenvalue weighted by Crippen LogP contribution is -2.33. The Balaban J connectivity index is 1.37. The number of nitrogens with one attached hydrogen (secondary N) is 2. The molecule has 2 aromatic carbocycles. The summed E-state index contributed by atoms with van der Waals surface area (Å²) in [5.41, 5.74) is 4.72. The van der Waals surface area contributed by atoms with Crippen molar-refractivity contribution in [1.29, 1.82) is 0 Å². The molecule has 0 aliphatic rings. The molecule has 0 spiro atoms. The van der Waals surface area contributed by atoms with E-state index in [2.05, 4.69) is 25.8 Å². The number of benzene rings is 2. The molecule has 8 nitrogen and oxygen atoms in total. The van der Waals surface area contributed by atoms with Gasteiger partial charge >= 0.3 is 0 Å². The van der Waals surface area contributed by atoms with Crippen LogP contribution in [0, 0.1) is 19.8 Å². The molecule has 0 bridgehead atoms. The number of carbonyl (C=O) groups is 2. The molecule has 0 aliphatic carbocycles. The second-order valence-corrected chi connectivity index (χ2v) is 11.0. The van der Waals surface area contributed by atoms with Crippen molar-refractivity contribution < 1.29 is 9.59 Å². The largest absolute Gasteiger partial charge is 0.342 e. The van der Waals surface area contributed by atoms with E-state index < -0.39 is 0 Å². The molecule has 2 aromatic heterocycles. The zero-order valence-corrected chi connectivity index (χ0v) is 23.1. The lowest BCUT2D eigenvalue weighted by molar-refractivity contribution is -0.113. The highest BCUT2D eigenvalue weighted by Crippen LogP contribution is 2.27. The van der Waals surface area contributed by atoms with Gasteiger partial charge in [-0.1, -0.05) is 73.1 Å². The quantitative estimate of drug-likeness (QED) is 0.278. The predicted octanol–water partition coefficient (Wildman–Crippen LogP) is 5.41. The summed E-state index contributed by atoms with van der Waals surface area (Å²) < 4.78 is 1.83. The monoisotopic (exact) mass is 534 g/mol.